The second-order valence-corrected chi connectivity index (χ2v) is 5.85. The summed E-state index contributed by atoms with van der Waals surface area (Å²) in [5, 5.41) is 12.2. The molecule has 2 aromatic rings. The third-order valence-electron chi connectivity index (χ3n) is 4.33. The molecule has 1 saturated carbocycles. The van der Waals surface area contributed by atoms with E-state index in [9.17, 15) is 14.7 Å². The van der Waals surface area contributed by atoms with Crippen molar-refractivity contribution in [1.82, 2.24) is 10.3 Å². The first kappa shape index (κ1) is 15.3. The zero-order chi connectivity index (χ0) is 16.3. The van der Waals surface area contributed by atoms with Crippen LogP contribution in [-0.4, -0.2) is 27.5 Å². The molecule has 3 rings (SSSR count). The van der Waals surface area contributed by atoms with Crippen molar-refractivity contribution < 1.29 is 19.1 Å². The second-order valence-electron chi connectivity index (χ2n) is 5.85. The van der Waals surface area contributed by atoms with Crippen LogP contribution in [0.4, 0.5) is 0 Å². The Morgan fingerprint density at radius 3 is 2.39 bits per heavy atom. The number of aliphatic carboxylic acids is 1. The Balaban J connectivity index is 1.76. The van der Waals surface area contributed by atoms with Gasteiger partial charge < -0.3 is 14.8 Å². The lowest BCUT2D eigenvalue weighted by atomic mass is 9.81. The van der Waals surface area contributed by atoms with Crippen LogP contribution in [0.3, 0.4) is 0 Å². The van der Waals surface area contributed by atoms with E-state index in [4.69, 9.17) is 4.42 Å². The van der Waals surface area contributed by atoms with E-state index in [2.05, 4.69) is 10.3 Å². The van der Waals surface area contributed by atoms with Gasteiger partial charge in [0.2, 0.25) is 0 Å². The van der Waals surface area contributed by atoms with Crippen LogP contribution in [0.2, 0.25) is 0 Å². The van der Waals surface area contributed by atoms with E-state index >= 15 is 0 Å². The lowest BCUT2D eigenvalue weighted by molar-refractivity contribution is -0.145. The van der Waals surface area contributed by atoms with E-state index in [-0.39, 0.29) is 5.91 Å². The Morgan fingerprint density at radius 1 is 1.13 bits per heavy atom. The zero-order valence-electron chi connectivity index (χ0n) is 12.6. The lowest BCUT2D eigenvalue weighted by Crippen LogP contribution is -2.55. The molecule has 1 aliphatic rings. The summed E-state index contributed by atoms with van der Waals surface area (Å²) in [6.45, 7) is 0. The number of carbonyl (C=O) groups is 2. The first-order valence-corrected chi connectivity index (χ1v) is 7.66. The number of nitrogens with one attached hydrogen (secondary N) is 1. The molecule has 0 aliphatic heterocycles. The van der Waals surface area contributed by atoms with E-state index in [0.29, 0.717) is 24.2 Å². The lowest BCUT2D eigenvalue weighted by Gasteiger charge is -2.34. The number of rotatable bonds is 4. The quantitative estimate of drug-likeness (QED) is 0.905. The monoisotopic (exact) mass is 314 g/mol. The van der Waals surface area contributed by atoms with Crippen molar-refractivity contribution in [3.05, 3.63) is 42.4 Å². The highest BCUT2D eigenvalue weighted by molar-refractivity contribution is 5.98. The Labute approximate surface area is 133 Å². The van der Waals surface area contributed by atoms with Gasteiger partial charge in [0.05, 0.1) is 6.20 Å². The van der Waals surface area contributed by atoms with Crippen LogP contribution in [-0.2, 0) is 4.79 Å². The highest BCUT2D eigenvalue weighted by Crippen LogP contribution is 2.29. The Hall–Kier alpha value is -2.63. The van der Waals surface area contributed by atoms with Gasteiger partial charge in [0.15, 0.2) is 12.2 Å². The maximum atomic E-state index is 12.4. The molecule has 23 heavy (non-hydrogen) atoms. The highest BCUT2D eigenvalue weighted by atomic mass is 16.4. The van der Waals surface area contributed by atoms with Gasteiger partial charge in [-0.1, -0.05) is 31.4 Å². The van der Waals surface area contributed by atoms with Gasteiger partial charge in [-0.25, -0.2) is 9.78 Å². The first-order chi connectivity index (χ1) is 11.1. The van der Waals surface area contributed by atoms with Crippen LogP contribution in [0.25, 0.3) is 11.3 Å². The molecule has 0 spiro atoms. The van der Waals surface area contributed by atoms with Crippen LogP contribution in [0.1, 0.15) is 42.5 Å². The number of oxazole rings is 1. The summed E-state index contributed by atoms with van der Waals surface area (Å²) in [7, 11) is 0. The van der Waals surface area contributed by atoms with Gasteiger partial charge in [-0.3, -0.25) is 4.79 Å². The fourth-order valence-corrected chi connectivity index (χ4v) is 2.98. The summed E-state index contributed by atoms with van der Waals surface area (Å²) in [6.07, 6.45) is 6.53. The number of nitrogens with zero attached hydrogens (tertiary/aromatic N) is 1. The molecule has 0 unspecified atom stereocenters. The Bertz CT molecular complexity index is 686. The standard InChI is InChI=1S/C17H18N2O4/c20-15(19-17(16(21)22)8-2-1-3-9-17)13-6-4-12(5-7-13)14-10-18-11-23-14/h4-7,10-11H,1-3,8-9H2,(H,19,20)(H,21,22). The normalized spacial score (nSPS) is 16.7. The molecule has 1 heterocycles. The number of benzene rings is 1. The number of carboxylic acid groups (broad SMARTS) is 1. The first-order valence-electron chi connectivity index (χ1n) is 7.66. The number of aromatic nitrogens is 1. The average molecular weight is 314 g/mol. The Morgan fingerprint density at radius 2 is 1.83 bits per heavy atom. The van der Waals surface area contributed by atoms with E-state index in [1.807, 2.05) is 0 Å². The van der Waals surface area contributed by atoms with E-state index in [0.717, 1.165) is 24.8 Å². The summed E-state index contributed by atoms with van der Waals surface area (Å²) >= 11 is 0. The second kappa shape index (κ2) is 6.24. The molecule has 0 saturated heterocycles. The minimum atomic E-state index is -1.14. The predicted octanol–water partition coefficient (Wildman–Crippen LogP) is 2.86. The molecule has 2 N–H and O–H groups in total. The summed E-state index contributed by atoms with van der Waals surface area (Å²) in [5.74, 6) is -0.700. The fraction of sp³-hybridized carbons (Fsp3) is 0.353. The van der Waals surface area contributed by atoms with Gasteiger partial charge in [0.25, 0.3) is 5.91 Å². The number of hydrogen-bond donors (Lipinski definition) is 2. The van der Waals surface area contributed by atoms with Crippen LogP contribution in [0.5, 0.6) is 0 Å². The van der Waals surface area contributed by atoms with Crippen molar-refractivity contribution in [1.29, 1.82) is 0 Å². The van der Waals surface area contributed by atoms with Crippen molar-refractivity contribution >= 4 is 11.9 Å². The zero-order valence-corrected chi connectivity index (χ0v) is 12.6. The van der Waals surface area contributed by atoms with Crippen LogP contribution in [0, 0.1) is 0 Å². The number of carboxylic acids is 1. The predicted molar refractivity (Wildman–Crippen MR) is 82.9 cm³/mol. The third-order valence-corrected chi connectivity index (χ3v) is 4.33. The molecule has 1 aromatic carbocycles. The van der Waals surface area contributed by atoms with Gasteiger partial charge in [0.1, 0.15) is 5.54 Å². The SMILES string of the molecule is O=C(NC1(C(=O)O)CCCCC1)c1ccc(-c2cnco2)cc1. The molecule has 6 heteroatoms. The molecule has 1 aliphatic carbocycles. The summed E-state index contributed by atoms with van der Waals surface area (Å²) in [6, 6.07) is 6.82. The van der Waals surface area contributed by atoms with Gasteiger partial charge in [-0.05, 0) is 25.0 Å². The minimum absolute atomic E-state index is 0.363. The van der Waals surface area contributed by atoms with Crippen molar-refractivity contribution in [3.63, 3.8) is 0 Å². The molecule has 0 atom stereocenters. The van der Waals surface area contributed by atoms with Crippen molar-refractivity contribution in [2.24, 2.45) is 0 Å². The maximum Gasteiger partial charge on any atom is 0.329 e. The maximum absolute atomic E-state index is 12.4. The smallest absolute Gasteiger partial charge is 0.329 e. The van der Waals surface area contributed by atoms with Crippen LogP contribution in [0.15, 0.2) is 41.3 Å². The highest BCUT2D eigenvalue weighted by Gasteiger charge is 2.41. The van der Waals surface area contributed by atoms with E-state index in [1.54, 1.807) is 30.5 Å². The molecule has 0 radical (unpaired) electrons. The van der Waals surface area contributed by atoms with Gasteiger partial charge in [-0.15, -0.1) is 0 Å². The van der Waals surface area contributed by atoms with Crippen molar-refractivity contribution in [2.75, 3.05) is 0 Å². The van der Waals surface area contributed by atoms with Crippen molar-refractivity contribution in [3.8, 4) is 11.3 Å². The molecule has 120 valence electrons. The minimum Gasteiger partial charge on any atom is -0.480 e. The largest absolute Gasteiger partial charge is 0.480 e. The van der Waals surface area contributed by atoms with Crippen molar-refractivity contribution in [2.45, 2.75) is 37.6 Å². The molecule has 0 bridgehead atoms. The Kier molecular flexibility index (Phi) is 4.14. The molecular weight excluding hydrogens is 296 g/mol. The summed E-state index contributed by atoms with van der Waals surface area (Å²) < 4.78 is 5.20. The molecule has 1 amide bonds. The number of hydrogen-bond acceptors (Lipinski definition) is 4. The van der Waals surface area contributed by atoms with Gasteiger partial charge >= 0.3 is 5.97 Å². The molecule has 1 fully saturated rings. The molecule has 1 aromatic heterocycles. The van der Waals surface area contributed by atoms with Crippen LogP contribution >= 0.6 is 0 Å². The number of carbonyl (C=O) groups excluding carboxylic acids is 1. The summed E-state index contributed by atoms with van der Waals surface area (Å²) in [4.78, 5) is 27.9. The van der Waals surface area contributed by atoms with E-state index in [1.165, 1.54) is 6.39 Å². The van der Waals surface area contributed by atoms with Crippen LogP contribution < -0.4 is 5.32 Å². The average Bonchev–Trinajstić information content (AvgIpc) is 3.10. The number of amides is 1. The third kappa shape index (κ3) is 3.11. The molecule has 6 nitrogen and oxygen atoms in total. The van der Waals surface area contributed by atoms with Gasteiger partial charge in [-0.2, -0.15) is 0 Å². The van der Waals surface area contributed by atoms with Gasteiger partial charge in [0, 0.05) is 11.1 Å². The molecular formula is C17H18N2O4. The van der Waals surface area contributed by atoms with E-state index < -0.39 is 11.5 Å². The summed E-state index contributed by atoms with van der Waals surface area (Å²) in [5.41, 5.74) is 0.1000. The fourth-order valence-electron chi connectivity index (χ4n) is 2.98. The topological polar surface area (TPSA) is 92.4 Å².